The lowest BCUT2D eigenvalue weighted by Crippen LogP contribution is -2.51. The molecule has 0 aromatic rings. The van der Waals surface area contributed by atoms with Gasteiger partial charge in [-0.3, -0.25) is 4.79 Å². The summed E-state index contributed by atoms with van der Waals surface area (Å²) >= 11 is 15.6. The minimum Gasteiger partial charge on any atom is -0.271 e. The molecule has 0 bridgehead atoms. The Labute approximate surface area is 123 Å². The number of amides is 3. The monoisotopic (exact) mass is 518 g/mol. The standard InChI is InChI=1S/C5H3Br5N2O2/c1-4(5(6,7)8)2(13)11(9)3(14)12(4)10/h1H3. The first kappa shape index (κ1) is 13.4. The predicted octanol–water partition coefficient (Wildman–Crippen LogP) is 3.47. The number of imide groups is 1. The van der Waals surface area contributed by atoms with Crippen LogP contribution >= 0.6 is 80.1 Å². The van der Waals surface area contributed by atoms with Gasteiger partial charge in [0.2, 0.25) is 0 Å². The number of hydrogen-bond donors (Lipinski definition) is 0. The molecule has 1 aliphatic heterocycles. The molecule has 1 rings (SSSR count). The maximum absolute atomic E-state index is 11.8. The number of alkyl halides is 3. The molecule has 1 unspecified atom stereocenters. The number of halogens is 5. The highest BCUT2D eigenvalue weighted by Gasteiger charge is 2.62. The summed E-state index contributed by atoms with van der Waals surface area (Å²) in [7, 11) is 0. The molecule has 3 amide bonds. The van der Waals surface area contributed by atoms with E-state index in [9.17, 15) is 9.59 Å². The fraction of sp³-hybridized carbons (Fsp3) is 0.600. The van der Waals surface area contributed by atoms with Crippen LogP contribution in [0, 0.1) is 0 Å². The van der Waals surface area contributed by atoms with Crippen LogP contribution in [-0.4, -0.2) is 27.5 Å². The molecule has 0 aromatic heterocycles. The van der Waals surface area contributed by atoms with Crippen LogP contribution in [0.4, 0.5) is 4.79 Å². The van der Waals surface area contributed by atoms with Gasteiger partial charge in [0.05, 0.1) is 32.3 Å². The van der Waals surface area contributed by atoms with Gasteiger partial charge in [-0.25, -0.2) is 8.72 Å². The first-order valence-corrected chi connectivity index (χ1v) is 7.01. The average molecular weight is 523 g/mol. The van der Waals surface area contributed by atoms with Gasteiger partial charge in [0.25, 0.3) is 5.91 Å². The SMILES string of the molecule is CC1(C(Br)(Br)Br)C(=O)N(Br)C(=O)N1Br. The number of nitrogens with zero attached hydrogens (tertiary/aromatic N) is 2. The van der Waals surface area contributed by atoms with Gasteiger partial charge < -0.3 is 0 Å². The van der Waals surface area contributed by atoms with E-state index in [1.807, 2.05) is 0 Å². The smallest absolute Gasteiger partial charge is 0.271 e. The Kier molecular flexibility index (Phi) is 3.81. The van der Waals surface area contributed by atoms with E-state index in [4.69, 9.17) is 0 Å². The quantitative estimate of drug-likeness (QED) is 0.278. The van der Waals surface area contributed by atoms with Gasteiger partial charge in [-0.2, -0.15) is 3.93 Å². The van der Waals surface area contributed by atoms with Crippen LogP contribution in [0.1, 0.15) is 6.92 Å². The fourth-order valence-electron chi connectivity index (χ4n) is 0.863. The van der Waals surface area contributed by atoms with Crippen LogP contribution in [-0.2, 0) is 4.79 Å². The zero-order chi connectivity index (χ0) is 11.3. The molecule has 1 heterocycles. The van der Waals surface area contributed by atoms with Crippen LogP contribution in [0.2, 0.25) is 0 Å². The Balaban J connectivity index is 3.25. The summed E-state index contributed by atoms with van der Waals surface area (Å²) in [4.78, 5) is 23.2. The summed E-state index contributed by atoms with van der Waals surface area (Å²) in [6.07, 6.45) is 0. The highest BCUT2D eigenvalue weighted by atomic mass is 80.0. The lowest BCUT2D eigenvalue weighted by Gasteiger charge is -2.33. The lowest BCUT2D eigenvalue weighted by molar-refractivity contribution is -0.127. The van der Waals surface area contributed by atoms with Gasteiger partial charge in [-0.05, 0) is 6.92 Å². The van der Waals surface area contributed by atoms with Gasteiger partial charge in [0.1, 0.15) is 0 Å². The molecule has 1 saturated heterocycles. The largest absolute Gasteiger partial charge is 0.348 e. The molecular weight excluding hydrogens is 520 g/mol. The first-order chi connectivity index (χ1) is 6.14. The molecule has 0 spiro atoms. The van der Waals surface area contributed by atoms with Crippen molar-refractivity contribution in [3.63, 3.8) is 0 Å². The van der Waals surface area contributed by atoms with Crippen molar-refractivity contribution in [3.05, 3.63) is 0 Å². The van der Waals surface area contributed by atoms with Gasteiger partial charge in [-0.15, -0.1) is 0 Å². The number of urea groups is 1. The summed E-state index contributed by atoms with van der Waals surface area (Å²) in [5.74, 6) is -0.398. The topological polar surface area (TPSA) is 40.6 Å². The molecule has 80 valence electrons. The molecule has 0 saturated carbocycles. The van der Waals surface area contributed by atoms with E-state index in [0.717, 1.165) is 7.85 Å². The van der Waals surface area contributed by atoms with Crippen molar-refractivity contribution >= 4 is 92.0 Å². The zero-order valence-corrected chi connectivity index (χ0v) is 14.5. The van der Waals surface area contributed by atoms with Crippen molar-refractivity contribution in [2.75, 3.05) is 0 Å². The van der Waals surface area contributed by atoms with Crippen LogP contribution < -0.4 is 0 Å². The Hall–Kier alpha value is 1.34. The molecule has 0 aromatic carbocycles. The third-order valence-corrected chi connectivity index (χ3v) is 5.83. The van der Waals surface area contributed by atoms with E-state index in [1.165, 1.54) is 0 Å². The molecule has 1 aliphatic rings. The minimum absolute atomic E-state index is 0.398. The van der Waals surface area contributed by atoms with E-state index in [0.29, 0.717) is 0 Å². The van der Waals surface area contributed by atoms with Crippen LogP contribution in [0.25, 0.3) is 0 Å². The molecule has 14 heavy (non-hydrogen) atoms. The predicted molar refractivity (Wildman–Crippen MR) is 69.9 cm³/mol. The summed E-state index contributed by atoms with van der Waals surface area (Å²) in [5, 5.41) is 0. The molecule has 0 radical (unpaired) electrons. The number of carbonyl (C=O) groups is 2. The van der Waals surface area contributed by atoms with Crippen molar-refractivity contribution in [1.82, 2.24) is 7.85 Å². The Bertz CT molecular complexity index is 303. The first-order valence-electron chi connectivity index (χ1n) is 3.21. The van der Waals surface area contributed by atoms with Gasteiger partial charge in [0, 0.05) is 0 Å². The Morgan fingerprint density at radius 2 is 1.64 bits per heavy atom. The van der Waals surface area contributed by atoms with Crippen molar-refractivity contribution in [2.45, 2.75) is 14.6 Å². The second-order valence-corrected chi connectivity index (χ2v) is 10.9. The molecule has 0 aliphatic carbocycles. The van der Waals surface area contributed by atoms with Crippen LogP contribution in [0.5, 0.6) is 0 Å². The van der Waals surface area contributed by atoms with Gasteiger partial charge in [-0.1, -0.05) is 47.8 Å². The fourth-order valence-corrected chi connectivity index (χ4v) is 3.91. The second-order valence-electron chi connectivity index (χ2n) is 2.72. The lowest BCUT2D eigenvalue weighted by atomic mass is 10.1. The molecule has 1 atom stereocenters. The number of carbonyl (C=O) groups excluding carboxylic acids is 2. The van der Waals surface area contributed by atoms with Crippen molar-refractivity contribution in [1.29, 1.82) is 0 Å². The summed E-state index contributed by atoms with van der Waals surface area (Å²) in [6, 6.07) is -0.486. The van der Waals surface area contributed by atoms with Crippen molar-refractivity contribution < 1.29 is 9.59 Å². The molecular formula is C5H3Br5N2O2. The van der Waals surface area contributed by atoms with Crippen LogP contribution in [0.15, 0.2) is 0 Å². The number of rotatable bonds is 0. The van der Waals surface area contributed by atoms with Gasteiger partial charge in [0.15, 0.2) is 7.68 Å². The average Bonchev–Trinajstić information content (AvgIpc) is 2.21. The summed E-state index contributed by atoms with van der Waals surface area (Å²) < 4.78 is 1.11. The zero-order valence-electron chi connectivity index (χ0n) is 6.60. The van der Waals surface area contributed by atoms with E-state index in [-0.39, 0.29) is 0 Å². The highest BCUT2D eigenvalue weighted by Crippen LogP contribution is 2.52. The molecule has 1 fully saturated rings. The molecule has 9 heteroatoms. The van der Waals surface area contributed by atoms with E-state index >= 15 is 0 Å². The maximum atomic E-state index is 11.8. The van der Waals surface area contributed by atoms with Gasteiger partial charge >= 0.3 is 6.03 Å². The Morgan fingerprint density at radius 3 is 1.79 bits per heavy atom. The molecule has 0 N–H and O–H groups in total. The maximum Gasteiger partial charge on any atom is 0.348 e. The highest BCUT2D eigenvalue weighted by molar-refractivity contribution is 9.39. The number of hydrogen-bond acceptors (Lipinski definition) is 2. The van der Waals surface area contributed by atoms with Crippen LogP contribution in [0.3, 0.4) is 0 Å². The third kappa shape index (κ3) is 1.72. The van der Waals surface area contributed by atoms with Crippen molar-refractivity contribution in [2.24, 2.45) is 0 Å². The molecule has 4 nitrogen and oxygen atoms in total. The normalized spacial score (nSPS) is 29.0. The van der Waals surface area contributed by atoms with E-state index in [1.54, 1.807) is 6.92 Å². The summed E-state index contributed by atoms with van der Waals surface area (Å²) in [6.45, 7) is 1.60. The van der Waals surface area contributed by atoms with Crippen molar-refractivity contribution in [3.8, 4) is 0 Å². The van der Waals surface area contributed by atoms with E-state index < -0.39 is 19.6 Å². The van der Waals surface area contributed by atoms with E-state index in [2.05, 4.69) is 80.1 Å². The minimum atomic E-state index is -1.12. The Morgan fingerprint density at radius 1 is 1.21 bits per heavy atom. The third-order valence-electron chi connectivity index (χ3n) is 1.88. The second kappa shape index (κ2) is 3.97. The summed E-state index contributed by atoms with van der Waals surface area (Å²) in [5.41, 5.74) is -1.12.